The number of benzene rings is 1. The Bertz CT molecular complexity index is 546. The molecular formula is C16H23NO. The van der Waals surface area contributed by atoms with Crippen molar-refractivity contribution in [2.75, 3.05) is 6.54 Å². The van der Waals surface area contributed by atoms with E-state index in [4.69, 9.17) is 4.42 Å². The highest BCUT2D eigenvalue weighted by Gasteiger charge is 2.16. The van der Waals surface area contributed by atoms with E-state index >= 15 is 0 Å². The zero-order valence-corrected chi connectivity index (χ0v) is 12.1. The summed E-state index contributed by atoms with van der Waals surface area (Å²) >= 11 is 0. The van der Waals surface area contributed by atoms with Gasteiger partial charge in [-0.2, -0.15) is 0 Å². The zero-order valence-electron chi connectivity index (χ0n) is 12.1. The lowest BCUT2D eigenvalue weighted by Gasteiger charge is -2.18. The van der Waals surface area contributed by atoms with E-state index in [9.17, 15) is 0 Å². The Morgan fingerprint density at radius 1 is 1.22 bits per heavy atom. The van der Waals surface area contributed by atoms with Gasteiger partial charge in [0.2, 0.25) is 0 Å². The van der Waals surface area contributed by atoms with Gasteiger partial charge in [-0.15, -0.1) is 0 Å². The van der Waals surface area contributed by atoms with E-state index in [-0.39, 0.29) is 5.41 Å². The Morgan fingerprint density at radius 3 is 2.56 bits per heavy atom. The second kappa shape index (κ2) is 4.77. The van der Waals surface area contributed by atoms with Gasteiger partial charge in [-0.25, -0.2) is 0 Å². The summed E-state index contributed by atoms with van der Waals surface area (Å²) < 4.78 is 5.91. The minimum absolute atomic E-state index is 0.180. The summed E-state index contributed by atoms with van der Waals surface area (Å²) in [5.74, 6) is 1.05. The van der Waals surface area contributed by atoms with Gasteiger partial charge >= 0.3 is 0 Å². The maximum atomic E-state index is 5.91. The molecule has 0 saturated carbocycles. The standard InChI is InChI=1S/C16H23NO/c1-6-17-10-15-11(2)13-9-12(16(3,4)5)7-8-14(13)18-15/h7-9,17H,6,10H2,1-5H3. The average molecular weight is 245 g/mol. The van der Waals surface area contributed by atoms with Crippen molar-refractivity contribution in [2.24, 2.45) is 0 Å². The molecule has 0 aliphatic heterocycles. The van der Waals surface area contributed by atoms with Crippen LogP contribution in [0.15, 0.2) is 22.6 Å². The first kappa shape index (κ1) is 13.2. The van der Waals surface area contributed by atoms with Crippen molar-refractivity contribution in [3.8, 4) is 0 Å². The van der Waals surface area contributed by atoms with E-state index < -0.39 is 0 Å². The summed E-state index contributed by atoms with van der Waals surface area (Å²) in [6.45, 7) is 12.7. The van der Waals surface area contributed by atoms with Gasteiger partial charge in [0, 0.05) is 5.39 Å². The molecular weight excluding hydrogens is 222 g/mol. The molecule has 0 spiro atoms. The van der Waals surface area contributed by atoms with Crippen LogP contribution < -0.4 is 5.32 Å². The fourth-order valence-corrected chi connectivity index (χ4v) is 2.15. The summed E-state index contributed by atoms with van der Waals surface area (Å²) in [6.07, 6.45) is 0. The number of furan rings is 1. The van der Waals surface area contributed by atoms with Gasteiger partial charge in [-0.1, -0.05) is 33.8 Å². The predicted octanol–water partition coefficient (Wildman–Crippen LogP) is 4.15. The lowest BCUT2D eigenvalue weighted by molar-refractivity contribution is 0.516. The molecule has 1 aromatic carbocycles. The van der Waals surface area contributed by atoms with Gasteiger partial charge < -0.3 is 9.73 Å². The Balaban J connectivity index is 2.47. The third kappa shape index (κ3) is 2.44. The maximum absolute atomic E-state index is 5.91. The fraction of sp³-hybridized carbons (Fsp3) is 0.500. The Labute approximate surface area is 109 Å². The second-order valence-electron chi connectivity index (χ2n) is 5.89. The summed E-state index contributed by atoms with van der Waals surface area (Å²) in [5.41, 5.74) is 3.79. The highest BCUT2D eigenvalue weighted by Crippen LogP contribution is 2.30. The van der Waals surface area contributed by atoms with Crippen molar-refractivity contribution in [1.29, 1.82) is 0 Å². The predicted molar refractivity (Wildman–Crippen MR) is 77.0 cm³/mol. The smallest absolute Gasteiger partial charge is 0.134 e. The third-order valence-corrected chi connectivity index (χ3v) is 3.44. The molecule has 0 unspecified atom stereocenters. The number of fused-ring (bicyclic) bond motifs is 1. The minimum atomic E-state index is 0.180. The largest absolute Gasteiger partial charge is 0.459 e. The summed E-state index contributed by atoms with van der Waals surface area (Å²) in [7, 11) is 0. The molecule has 1 heterocycles. The lowest BCUT2D eigenvalue weighted by Crippen LogP contribution is -2.11. The molecule has 0 fully saturated rings. The van der Waals surface area contributed by atoms with E-state index in [1.807, 2.05) is 0 Å². The summed E-state index contributed by atoms with van der Waals surface area (Å²) in [6, 6.07) is 6.53. The first-order valence-corrected chi connectivity index (χ1v) is 6.66. The average Bonchev–Trinajstić information content (AvgIpc) is 2.62. The molecule has 2 nitrogen and oxygen atoms in total. The molecule has 0 amide bonds. The molecule has 0 bridgehead atoms. The highest BCUT2D eigenvalue weighted by atomic mass is 16.3. The van der Waals surface area contributed by atoms with Crippen LogP contribution in [0, 0.1) is 6.92 Å². The molecule has 0 aliphatic carbocycles. The molecule has 1 N–H and O–H groups in total. The molecule has 0 atom stereocenters. The van der Waals surface area contributed by atoms with Gasteiger partial charge in [-0.3, -0.25) is 0 Å². The first-order valence-electron chi connectivity index (χ1n) is 6.66. The SMILES string of the molecule is CCNCc1oc2ccc(C(C)(C)C)cc2c1C. The molecule has 2 rings (SSSR count). The van der Waals surface area contributed by atoms with Gasteiger partial charge in [0.15, 0.2) is 0 Å². The second-order valence-corrected chi connectivity index (χ2v) is 5.89. The van der Waals surface area contributed by atoms with Gasteiger partial charge in [0.1, 0.15) is 11.3 Å². The number of hydrogen-bond acceptors (Lipinski definition) is 2. The van der Waals surface area contributed by atoms with Gasteiger partial charge in [-0.05, 0) is 42.1 Å². The van der Waals surface area contributed by atoms with Crippen LogP contribution in [0.2, 0.25) is 0 Å². The molecule has 18 heavy (non-hydrogen) atoms. The minimum Gasteiger partial charge on any atom is -0.459 e. The topological polar surface area (TPSA) is 25.2 Å². The Kier molecular flexibility index (Phi) is 3.49. The van der Waals surface area contributed by atoms with Crippen molar-refractivity contribution in [1.82, 2.24) is 5.32 Å². The lowest BCUT2D eigenvalue weighted by atomic mass is 9.86. The van der Waals surface area contributed by atoms with E-state index in [1.54, 1.807) is 0 Å². The summed E-state index contributed by atoms with van der Waals surface area (Å²) in [4.78, 5) is 0. The zero-order chi connectivity index (χ0) is 13.3. The molecule has 0 radical (unpaired) electrons. The molecule has 2 aromatic rings. The van der Waals surface area contributed by atoms with Crippen molar-refractivity contribution < 1.29 is 4.42 Å². The molecule has 98 valence electrons. The Morgan fingerprint density at radius 2 is 1.94 bits per heavy atom. The van der Waals surface area contributed by atoms with Crippen LogP contribution in [0.25, 0.3) is 11.0 Å². The normalized spacial score (nSPS) is 12.3. The van der Waals surface area contributed by atoms with E-state index in [2.05, 4.69) is 58.1 Å². The van der Waals surface area contributed by atoms with Crippen molar-refractivity contribution in [3.63, 3.8) is 0 Å². The highest BCUT2D eigenvalue weighted by molar-refractivity contribution is 5.83. The molecule has 0 saturated heterocycles. The molecule has 0 aliphatic rings. The molecule has 2 heteroatoms. The van der Waals surface area contributed by atoms with Crippen molar-refractivity contribution >= 4 is 11.0 Å². The van der Waals surface area contributed by atoms with Crippen molar-refractivity contribution in [3.05, 3.63) is 35.1 Å². The van der Waals surface area contributed by atoms with Crippen LogP contribution in [0.4, 0.5) is 0 Å². The van der Waals surface area contributed by atoms with Crippen LogP contribution in [-0.2, 0) is 12.0 Å². The summed E-state index contributed by atoms with van der Waals surface area (Å²) in [5, 5.41) is 4.56. The third-order valence-electron chi connectivity index (χ3n) is 3.44. The van der Waals surface area contributed by atoms with E-state index in [0.717, 1.165) is 24.4 Å². The number of hydrogen-bond donors (Lipinski definition) is 1. The van der Waals surface area contributed by atoms with Crippen LogP contribution in [0.3, 0.4) is 0 Å². The van der Waals surface area contributed by atoms with Crippen LogP contribution in [0.1, 0.15) is 44.6 Å². The molecule has 1 aromatic heterocycles. The van der Waals surface area contributed by atoms with Crippen LogP contribution >= 0.6 is 0 Å². The van der Waals surface area contributed by atoms with Crippen LogP contribution in [-0.4, -0.2) is 6.54 Å². The van der Waals surface area contributed by atoms with E-state index in [1.165, 1.54) is 16.5 Å². The first-order chi connectivity index (χ1) is 8.43. The quantitative estimate of drug-likeness (QED) is 0.878. The number of rotatable bonds is 3. The number of nitrogens with one attached hydrogen (secondary N) is 1. The van der Waals surface area contributed by atoms with E-state index in [0.29, 0.717) is 0 Å². The van der Waals surface area contributed by atoms with Gasteiger partial charge in [0.05, 0.1) is 6.54 Å². The van der Waals surface area contributed by atoms with Gasteiger partial charge in [0.25, 0.3) is 0 Å². The van der Waals surface area contributed by atoms with Crippen LogP contribution in [0.5, 0.6) is 0 Å². The number of aryl methyl sites for hydroxylation is 1. The van der Waals surface area contributed by atoms with Crippen molar-refractivity contribution in [2.45, 2.75) is 46.6 Å². The fourth-order valence-electron chi connectivity index (χ4n) is 2.15. The maximum Gasteiger partial charge on any atom is 0.134 e. The Hall–Kier alpha value is -1.28. The monoisotopic (exact) mass is 245 g/mol.